The first-order valence-electron chi connectivity index (χ1n) is 29.6. The molecule has 0 atom stereocenters. The highest BCUT2D eigenvalue weighted by molar-refractivity contribution is 7.33. The quantitative estimate of drug-likeness (QED) is 0.140. The zero-order chi connectivity index (χ0) is 58.0. The van der Waals surface area contributed by atoms with Crippen LogP contribution in [0.1, 0.15) is 76.2 Å². The van der Waals surface area contributed by atoms with E-state index in [0.717, 1.165) is 127 Å². The number of thiophene rings is 1. The van der Waals surface area contributed by atoms with E-state index in [-0.39, 0.29) is 47.4 Å². The molecule has 0 saturated carbocycles. The van der Waals surface area contributed by atoms with Crippen molar-refractivity contribution in [3.8, 4) is 33.4 Å². The first-order valence-corrected chi connectivity index (χ1v) is 27.9. The molecule has 0 radical (unpaired) electrons. The summed E-state index contributed by atoms with van der Waals surface area (Å²) in [5.41, 5.74) is 21.8. The van der Waals surface area contributed by atoms with E-state index in [9.17, 15) is 5.48 Å². The molecule has 0 saturated heterocycles. The molecule has 0 unspecified atom stereocenters. The molecule has 5 heteroatoms. The summed E-state index contributed by atoms with van der Waals surface area (Å²) >= 11 is 1.73. The van der Waals surface area contributed by atoms with Gasteiger partial charge in [0.05, 0.1) is 23.9 Å². The minimum Gasteiger partial charge on any atom is -0.311 e. The number of benzene rings is 10. The van der Waals surface area contributed by atoms with Crippen LogP contribution in [0.25, 0.3) is 43.5 Å². The van der Waals surface area contributed by atoms with E-state index in [4.69, 9.17) is 1.37 Å². The van der Waals surface area contributed by atoms with Gasteiger partial charge in [-0.25, -0.2) is 0 Å². The third-order valence-electron chi connectivity index (χ3n) is 15.9. The lowest BCUT2D eigenvalue weighted by molar-refractivity contribution is 0.590. The number of fused-ring (bicyclic) bond motifs is 6. The van der Waals surface area contributed by atoms with Gasteiger partial charge in [0.2, 0.25) is 0 Å². The fraction of sp³-hybridized carbons (Fsp3) is 0.151. The maximum atomic E-state index is 9.78. The van der Waals surface area contributed by atoms with Crippen LogP contribution in [0.15, 0.2) is 224 Å². The number of para-hydroxylation sites is 2. The Balaban J connectivity index is 1.18. The van der Waals surface area contributed by atoms with Crippen molar-refractivity contribution in [2.45, 2.75) is 73.1 Å². The van der Waals surface area contributed by atoms with Crippen LogP contribution in [0, 0.1) is 20.8 Å². The van der Waals surface area contributed by atoms with Gasteiger partial charge in [-0.2, -0.15) is 0 Å². The van der Waals surface area contributed by atoms with Crippen LogP contribution >= 0.6 is 11.3 Å². The van der Waals surface area contributed by atoms with Crippen molar-refractivity contribution >= 4 is 95.0 Å². The Kier molecular flexibility index (Phi) is 10.6. The van der Waals surface area contributed by atoms with Crippen LogP contribution < -0.4 is 30.4 Å². The molecule has 3 nitrogen and oxygen atoms in total. The van der Waals surface area contributed by atoms with Gasteiger partial charge in [0, 0.05) is 54.6 Å². The molecule has 11 aromatic rings. The molecule has 2 aliphatic heterocycles. The van der Waals surface area contributed by atoms with Crippen LogP contribution in [0.5, 0.6) is 0 Å². The van der Waals surface area contributed by atoms with Crippen molar-refractivity contribution in [3.63, 3.8) is 0 Å². The Labute approximate surface area is 472 Å². The van der Waals surface area contributed by atoms with Crippen molar-refractivity contribution in [2.24, 2.45) is 0 Å². The summed E-state index contributed by atoms with van der Waals surface area (Å²) in [4.78, 5) is 6.96. The summed E-state index contributed by atoms with van der Waals surface area (Å²) in [7, 11) is 0. The van der Waals surface area contributed by atoms with Crippen molar-refractivity contribution in [2.75, 3.05) is 14.7 Å². The summed E-state index contributed by atoms with van der Waals surface area (Å²) in [5, 5.41) is 0.975. The molecule has 0 bridgehead atoms. The highest BCUT2D eigenvalue weighted by atomic mass is 32.1. The molecule has 3 heterocycles. The Hall–Kier alpha value is -8.38. The van der Waals surface area contributed by atoms with E-state index >= 15 is 0 Å². The summed E-state index contributed by atoms with van der Waals surface area (Å²) in [5.74, 6) is 0. The lowest BCUT2D eigenvalue weighted by Gasteiger charge is -2.44. The fourth-order valence-corrected chi connectivity index (χ4v) is 13.4. The zero-order valence-corrected chi connectivity index (χ0v) is 46.6. The summed E-state index contributed by atoms with van der Waals surface area (Å²) in [6.07, 6.45) is 0. The van der Waals surface area contributed by atoms with Gasteiger partial charge in [-0.05, 0) is 171 Å². The normalized spacial score (nSPS) is 13.8. The number of rotatable bonds is 8. The van der Waals surface area contributed by atoms with Gasteiger partial charge < -0.3 is 14.7 Å². The van der Waals surface area contributed by atoms with Crippen LogP contribution in [0.3, 0.4) is 0 Å². The van der Waals surface area contributed by atoms with Crippen LogP contribution in [-0.4, -0.2) is 6.71 Å². The van der Waals surface area contributed by atoms with Gasteiger partial charge in [0.15, 0.2) is 0 Å². The zero-order valence-electron chi connectivity index (χ0n) is 50.8. The second kappa shape index (κ2) is 19.0. The molecule has 0 fully saturated rings. The number of nitrogens with zero attached hydrogens (tertiary/aromatic N) is 3. The maximum Gasteiger partial charge on any atom is 0.264 e. The topological polar surface area (TPSA) is 9.72 Å². The summed E-state index contributed by atoms with van der Waals surface area (Å²) < 4.78 is 48.9. The van der Waals surface area contributed by atoms with Gasteiger partial charge in [-0.3, -0.25) is 0 Å². The molecule has 1 aromatic heterocycles. The van der Waals surface area contributed by atoms with E-state index in [1.54, 1.807) is 11.3 Å². The maximum absolute atomic E-state index is 9.78. The van der Waals surface area contributed by atoms with Crippen LogP contribution in [-0.2, 0) is 10.8 Å². The molecule has 0 amide bonds. The SMILES string of the molecule is [2H]c1c([2H])c([2H])c(N2c3cc(-c4ccccc4)cc4c3B(c3ccc(N(c5ccc(C(C)(C)C)cc5)c5c(C)cccc5-c5ccccc5)cc3N4c3c(C)cc(-c4ccccc4)cc3C)c3sc4ccc(C(C)(C)C)cc4c32)c([2H])c1[2H]. The molecule has 0 aliphatic carbocycles. The van der Waals surface area contributed by atoms with E-state index < -0.39 is 6.04 Å². The molecule has 0 N–H and O–H groups in total. The highest BCUT2D eigenvalue weighted by Gasteiger charge is 2.46. The summed E-state index contributed by atoms with van der Waals surface area (Å²) in [6.45, 7) is 19.7. The second-order valence-corrected chi connectivity index (χ2v) is 24.3. The molecule has 78 heavy (non-hydrogen) atoms. The van der Waals surface area contributed by atoms with E-state index in [1.807, 2.05) is 11.0 Å². The first kappa shape index (κ1) is 43.7. The fourth-order valence-electron chi connectivity index (χ4n) is 12.1. The second-order valence-electron chi connectivity index (χ2n) is 23.2. The lowest BCUT2D eigenvalue weighted by Crippen LogP contribution is -2.60. The highest BCUT2D eigenvalue weighted by Crippen LogP contribution is 2.52. The van der Waals surface area contributed by atoms with Gasteiger partial charge in [-0.1, -0.05) is 193 Å². The average Bonchev–Trinajstić information content (AvgIpc) is 2.91. The predicted octanol–water partition coefficient (Wildman–Crippen LogP) is 19.0. The van der Waals surface area contributed by atoms with Crippen molar-refractivity contribution < 1.29 is 6.85 Å². The number of aryl methyl sites for hydroxylation is 3. The number of hydrogen-bond donors (Lipinski definition) is 0. The average molecular weight is 1030 g/mol. The molecule has 380 valence electrons. The van der Waals surface area contributed by atoms with Crippen LogP contribution in [0.2, 0.25) is 0 Å². The van der Waals surface area contributed by atoms with E-state index in [2.05, 4.69) is 260 Å². The smallest absolute Gasteiger partial charge is 0.264 e. The standard InChI is InChI=1S/C73H64BN3S/c1-47-23-22-32-60(52-28-18-12-19-29-52)69(47)75(58-36-33-55(34-37-58)72(4,5)6)59-38-39-62-63(46-59)77(68-48(2)41-53(42-49(68)3)50-24-14-10-15-25-50)65-44-54(51-26-16-11-17-27-51)43-64-67(65)74(62)71-70(76(64)57-30-20-13-21-31-57)61-45-56(73(7,8)9)35-40-66(61)78-71/h10-46H,1-9H3/i13D,20D,21D,30D,31D. The minimum atomic E-state index is -0.425. The Morgan fingerprint density at radius 1 is 0.462 bits per heavy atom. The monoisotopic (exact) mass is 1030 g/mol. The lowest BCUT2D eigenvalue weighted by atomic mass is 9.36. The van der Waals surface area contributed by atoms with Crippen molar-refractivity contribution in [1.29, 1.82) is 0 Å². The third kappa shape index (κ3) is 8.35. The van der Waals surface area contributed by atoms with Gasteiger partial charge in [-0.15, -0.1) is 11.3 Å². The van der Waals surface area contributed by atoms with Crippen molar-refractivity contribution in [3.05, 3.63) is 252 Å². The van der Waals surface area contributed by atoms with Gasteiger partial charge >= 0.3 is 0 Å². The van der Waals surface area contributed by atoms with Gasteiger partial charge in [0.1, 0.15) is 0 Å². The number of anilines is 9. The molecule has 10 aromatic carbocycles. The van der Waals surface area contributed by atoms with Gasteiger partial charge in [0.25, 0.3) is 6.71 Å². The molecule has 0 spiro atoms. The predicted molar refractivity (Wildman–Crippen MR) is 338 cm³/mol. The van der Waals surface area contributed by atoms with Crippen LogP contribution in [0.4, 0.5) is 51.2 Å². The Morgan fingerprint density at radius 3 is 1.64 bits per heavy atom. The van der Waals surface area contributed by atoms with E-state index in [0.29, 0.717) is 0 Å². The minimum absolute atomic E-state index is 0.0535. The Bertz CT molecular complexity index is 4340. The largest absolute Gasteiger partial charge is 0.311 e. The first-order chi connectivity index (χ1) is 39.8. The third-order valence-corrected chi connectivity index (χ3v) is 17.2. The molecular formula is C73H64BN3S. The molecule has 2 aliphatic rings. The van der Waals surface area contributed by atoms with Crippen molar-refractivity contribution in [1.82, 2.24) is 0 Å². The Morgan fingerprint density at radius 2 is 1.03 bits per heavy atom. The number of hydrogen-bond acceptors (Lipinski definition) is 4. The summed E-state index contributed by atoms with van der Waals surface area (Å²) in [6, 6.07) is 68.5. The molecule has 13 rings (SSSR count). The molecular weight excluding hydrogens is 962 g/mol. The van der Waals surface area contributed by atoms with E-state index in [1.165, 1.54) is 5.56 Å².